The highest BCUT2D eigenvalue weighted by Gasteiger charge is 2.38. The van der Waals surface area contributed by atoms with Crippen LogP contribution in [0.25, 0.3) is 0 Å². The van der Waals surface area contributed by atoms with Gasteiger partial charge in [-0.15, -0.1) is 0 Å². The fourth-order valence-electron chi connectivity index (χ4n) is 3.48. The van der Waals surface area contributed by atoms with E-state index in [1.165, 1.54) is 18.9 Å². The van der Waals surface area contributed by atoms with E-state index >= 15 is 0 Å². The lowest BCUT2D eigenvalue weighted by Crippen LogP contribution is -2.59. The minimum atomic E-state index is -4.36. The Hall–Kier alpha value is -0.940. The van der Waals surface area contributed by atoms with Gasteiger partial charge in [-0.05, 0) is 31.0 Å². The van der Waals surface area contributed by atoms with Gasteiger partial charge in [-0.25, -0.2) is 0 Å². The van der Waals surface area contributed by atoms with Crippen molar-refractivity contribution in [2.45, 2.75) is 37.4 Å². The molecule has 1 heterocycles. The van der Waals surface area contributed by atoms with E-state index in [-0.39, 0.29) is 10.6 Å². The average molecular weight is 319 g/mol. The van der Waals surface area contributed by atoms with Gasteiger partial charge in [-0.3, -0.25) is 0 Å². The molecule has 1 saturated carbocycles. The smallest absolute Gasteiger partial charge is 0.368 e. The zero-order valence-electron chi connectivity index (χ0n) is 11.6. The fraction of sp³-hybridized carbons (Fsp3) is 0.600. The van der Waals surface area contributed by atoms with E-state index in [0.29, 0.717) is 12.2 Å². The van der Waals surface area contributed by atoms with E-state index in [4.69, 9.17) is 11.6 Å². The molecule has 2 nitrogen and oxygen atoms in total. The maximum Gasteiger partial charge on any atom is 0.416 e. The maximum absolute atomic E-state index is 12.9. The van der Waals surface area contributed by atoms with Crippen LogP contribution in [0.15, 0.2) is 18.2 Å². The molecule has 0 bridgehead atoms. The molecule has 1 N–H and O–H groups in total. The first kappa shape index (κ1) is 15.0. The number of hydrogen-bond donors (Lipinski definition) is 1. The first-order valence-electron chi connectivity index (χ1n) is 7.26. The first-order valence-corrected chi connectivity index (χ1v) is 7.64. The minimum Gasteiger partial charge on any atom is -0.368 e. The van der Waals surface area contributed by atoms with Crippen LogP contribution in [0, 0.1) is 0 Å². The summed E-state index contributed by atoms with van der Waals surface area (Å²) in [6.45, 7) is 2.26. The van der Waals surface area contributed by atoms with E-state index in [2.05, 4.69) is 5.32 Å². The van der Waals surface area contributed by atoms with Crippen molar-refractivity contribution in [3.8, 4) is 0 Å². The summed E-state index contributed by atoms with van der Waals surface area (Å²) in [6, 6.07) is 3.82. The molecular weight excluding hydrogens is 301 g/mol. The molecule has 1 aliphatic carbocycles. The van der Waals surface area contributed by atoms with E-state index in [9.17, 15) is 13.2 Å². The van der Waals surface area contributed by atoms with E-state index in [1.807, 2.05) is 4.90 Å². The lowest BCUT2D eigenvalue weighted by Gasteiger charge is -2.43. The summed E-state index contributed by atoms with van der Waals surface area (Å²) in [5.41, 5.74) is -0.0366. The van der Waals surface area contributed by atoms with Gasteiger partial charge in [0.25, 0.3) is 0 Å². The Balaban J connectivity index is 1.87. The first-order chi connectivity index (χ1) is 9.88. The Kier molecular flexibility index (Phi) is 3.82. The molecule has 1 aromatic carbocycles. The van der Waals surface area contributed by atoms with Crippen molar-refractivity contribution < 1.29 is 13.2 Å². The highest BCUT2D eigenvalue weighted by Crippen LogP contribution is 2.37. The van der Waals surface area contributed by atoms with Crippen LogP contribution in [0.1, 0.15) is 31.2 Å². The SMILES string of the molecule is FC(F)(F)c1cc(Cl)cc(N2CCNC3(CCCC3)C2)c1. The zero-order chi connectivity index (χ0) is 15.1. The summed E-state index contributed by atoms with van der Waals surface area (Å²) in [6.07, 6.45) is 0.194. The van der Waals surface area contributed by atoms with Gasteiger partial charge in [0.05, 0.1) is 5.56 Å². The number of nitrogens with one attached hydrogen (secondary N) is 1. The van der Waals surface area contributed by atoms with Gasteiger partial charge in [0.1, 0.15) is 0 Å². The molecular formula is C15H18ClF3N2. The van der Waals surface area contributed by atoms with Crippen molar-refractivity contribution in [2.24, 2.45) is 0 Å². The molecule has 2 fully saturated rings. The summed E-state index contributed by atoms with van der Waals surface area (Å²) in [7, 11) is 0. The third kappa shape index (κ3) is 3.14. The molecule has 0 radical (unpaired) electrons. The van der Waals surface area contributed by atoms with Crippen LogP contribution in [-0.4, -0.2) is 25.2 Å². The van der Waals surface area contributed by atoms with E-state index in [1.54, 1.807) is 6.07 Å². The molecule has 1 aromatic rings. The van der Waals surface area contributed by atoms with Gasteiger partial charge in [-0.1, -0.05) is 24.4 Å². The molecule has 6 heteroatoms. The van der Waals surface area contributed by atoms with Crippen molar-refractivity contribution in [3.63, 3.8) is 0 Å². The van der Waals surface area contributed by atoms with E-state index < -0.39 is 11.7 Å². The van der Waals surface area contributed by atoms with Crippen LogP contribution in [0.4, 0.5) is 18.9 Å². The number of anilines is 1. The number of piperazine rings is 1. The van der Waals surface area contributed by atoms with Crippen molar-refractivity contribution in [1.82, 2.24) is 5.32 Å². The molecule has 0 aromatic heterocycles. The van der Waals surface area contributed by atoms with Crippen molar-refractivity contribution in [2.75, 3.05) is 24.5 Å². The lowest BCUT2D eigenvalue weighted by atomic mass is 9.94. The van der Waals surface area contributed by atoms with Gasteiger partial charge < -0.3 is 10.2 Å². The van der Waals surface area contributed by atoms with Crippen molar-refractivity contribution in [1.29, 1.82) is 0 Å². The Labute approximate surface area is 127 Å². The molecule has 1 saturated heterocycles. The maximum atomic E-state index is 12.9. The van der Waals surface area contributed by atoms with Crippen LogP contribution in [-0.2, 0) is 6.18 Å². The van der Waals surface area contributed by atoms with Gasteiger partial charge >= 0.3 is 6.18 Å². The third-order valence-electron chi connectivity index (χ3n) is 4.51. The predicted octanol–water partition coefficient (Wildman–Crippen LogP) is 4.08. The molecule has 116 valence electrons. The molecule has 1 aliphatic heterocycles. The highest BCUT2D eigenvalue weighted by molar-refractivity contribution is 6.31. The van der Waals surface area contributed by atoms with Gasteiger partial charge in [0, 0.05) is 35.9 Å². The normalized spacial score (nSPS) is 22.0. The number of benzene rings is 1. The number of alkyl halides is 3. The minimum absolute atomic E-state index is 0.0684. The van der Waals surface area contributed by atoms with Gasteiger partial charge in [0.2, 0.25) is 0 Å². The Morgan fingerprint density at radius 3 is 2.52 bits per heavy atom. The molecule has 1 spiro atoms. The molecule has 0 unspecified atom stereocenters. The number of hydrogen-bond acceptors (Lipinski definition) is 2. The second kappa shape index (κ2) is 5.36. The molecule has 3 rings (SSSR count). The predicted molar refractivity (Wildman–Crippen MR) is 77.9 cm³/mol. The third-order valence-corrected chi connectivity index (χ3v) is 4.73. The van der Waals surface area contributed by atoms with Crippen LogP contribution >= 0.6 is 11.6 Å². The number of rotatable bonds is 1. The Morgan fingerprint density at radius 2 is 1.86 bits per heavy atom. The number of nitrogens with zero attached hydrogens (tertiary/aromatic N) is 1. The lowest BCUT2D eigenvalue weighted by molar-refractivity contribution is -0.137. The zero-order valence-corrected chi connectivity index (χ0v) is 12.4. The summed E-state index contributed by atoms with van der Waals surface area (Å²) < 4.78 is 38.8. The monoisotopic (exact) mass is 318 g/mol. The highest BCUT2D eigenvalue weighted by atomic mass is 35.5. The largest absolute Gasteiger partial charge is 0.416 e. The second-order valence-electron chi connectivity index (χ2n) is 6.03. The van der Waals surface area contributed by atoms with Crippen LogP contribution in [0.2, 0.25) is 5.02 Å². The molecule has 2 aliphatic rings. The summed E-state index contributed by atoms with van der Waals surface area (Å²) >= 11 is 5.88. The quantitative estimate of drug-likeness (QED) is 0.839. The number of halogens is 4. The fourth-order valence-corrected chi connectivity index (χ4v) is 3.71. The topological polar surface area (TPSA) is 15.3 Å². The molecule has 0 amide bonds. The molecule has 21 heavy (non-hydrogen) atoms. The van der Waals surface area contributed by atoms with Gasteiger partial charge in [0.15, 0.2) is 0 Å². The standard InChI is InChI=1S/C15H18ClF3N2/c16-12-7-11(15(17,18)19)8-13(9-12)21-6-5-20-14(10-21)3-1-2-4-14/h7-9,20H,1-6,10H2. The van der Waals surface area contributed by atoms with Crippen molar-refractivity contribution in [3.05, 3.63) is 28.8 Å². The molecule has 0 atom stereocenters. The summed E-state index contributed by atoms with van der Waals surface area (Å²) in [4.78, 5) is 2.03. The van der Waals surface area contributed by atoms with Crippen molar-refractivity contribution >= 4 is 17.3 Å². The van der Waals surface area contributed by atoms with E-state index in [0.717, 1.165) is 32.0 Å². The second-order valence-corrected chi connectivity index (χ2v) is 6.47. The van der Waals surface area contributed by atoms with Crippen LogP contribution < -0.4 is 10.2 Å². The van der Waals surface area contributed by atoms with Gasteiger partial charge in [-0.2, -0.15) is 13.2 Å². The Morgan fingerprint density at radius 1 is 1.14 bits per heavy atom. The van der Waals surface area contributed by atoms with Crippen LogP contribution in [0.3, 0.4) is 0 Å². The average Bonchev–Trinajstić information content (AvgIpc) is 2.85. The summed E-state index contributed by atoms with van der Waals surface area (Å²) in [5.74, 6) is 0. The van der Waals surface area contributed by atoms with Crippen LogP contribution in [0.5, 0.6) is 0 Å². The summed E-state index contributed by atoms with van der Waals surface area (Å²) in [5, 5.41) is 3.69. The Bertz CT molecular complexity index is 524.